The normalized spacial score (nSPS) is 18.3. The van der Waals surface area contributed by atoms with Gasteiger partial charge >= 0.3 is 0 Å². The van der Waals surface area contributed by atoms with Gasteiger partial charge in [-0.3, -0.25) is 9.59 Å². The van der Waals surface area contributed by atoms with Gasteiger partial charge in [-0.1, -0.05) is 0 Å². The van der Waals surface area contributed by atoms with E-state index in [0.717, 1.165) is 36.6 Å². The smallest absolute Gasteiger partial charge is 0.228 e. The van der Waals surface area contributed by atoms with Gasteiger partial charge in [-0.2, -0.15) is 0 Å². The number of amides is 2. The van der Waals surface area contributed by atoms with Crippen LogP contribution in [0, 0.1) is 0 Å². The number of carbonyl (C=O) groups is 2. The highest BCUT2D eigenvalue weighted by Gasteiger charge is 2.31. The van der Waals surface area contributed by atoms with E-state index >= 15 is 0 Å². The SMILES string of the molecule is COc1ccc2c(c1)[C@H](C(=O)NCc1nnc3n1CCC3)CC(=O)N2. The Balaban J connectivity index is 1.53. The Kier molecular flexibility index (Phi) is 3.87. The van der Waals surface area contributed by atoms with E-state index in [4.69, 9.17) is 4.74 Å². The maximum Gasteiger partial charge on any atom is 0.228 e. The molecule has 2 aliphatic heterocycles. The van der Waals surface area contributed by atoms with Gasteiger partial charge in [0, 0.05) is 25.1 Å². The Hall–Kier alpha value is -2.90. The summed E-state index contributed by atoms with van der Waals surface area (Å²) in [4.78, 5) is 24.6. The van der Waals surface area contributed by atoms with E-state index in [0.29, 0.717) is 18.0 Å². The third kappa shape index (κ3) is 2.84. The first-order valence-corrected chi connectivity index (χ1v) is 8.32. The molecule has 8 heteroatoms. The van der Waals surface area contributed by atoms with Crippen LogP contribution < -0.4 is 15.4 Å². The summed E-state index contributed by atoms with van der Waals surface area (Å²) in [5, 5.41) is 14.0. The molecule has 25 heavy (non-hydrogen) atoms. The summed E-state index contributed by atoms with van der Waals surface area (Å²) in [6.07, 6.45) is 2.10. The number of hydrogen-bond donors (Lipinski definition) is 2. The second kappa shape index (κ2) is 6.19. The van der Waals surface area contributed by atoms with Crippen molar-refractivity contribution >= 4 is 17.5 Å². The zero-order chi connectivity index (χ0) is 17.4. The Bertz CT molecular complexity index is 845. The highest BCUT2D eigenvalue weighted by Crippen LogP contribution is 2.35. The van der Waals surface area contributed by atoms with Crippen molar-refractivity contribution < 1.29 is 14.3 Å². The maximum atomic E-state index is 12.7. The van der Waals surface area contributed by atoms with E-state index in [1.54, 1.807) is 25.3 Å². The number of nitrogens with zero attached hydrogens (tertiary/aromatic N) is 3. The molecular formula is C17H19N5O3. The number of aromatic nitrogens is 3. The number of benzene rings is 1. The molecule has 2 N–H and O–H groups in total. The quantitative estimate of drug-likeness (QED) is 0.864. The summed E-state index contributed by atoms with van der Waals surface area (Å²) < 4.78 is 7.28. The molecule has 2 aromatic rings. The molecule has 0 spiro atoms. The average molecular weight is 341 g/mol. The predicted molar refractivity (Wildman–Crippen MR) is 89.2 cm³/mol. The summed E-state index contributed by atoms with van der Waals surface area (Å²) in [5.74, 6) is 1.48. The van der Waals surface area contributed by atoms with Crippen molar-refractivity contribution in [2.75, 3.05) is 12.4 Å². The van der Waals surface area contributed by atoms with Crippen LogP contribution >= 0.6 is 0 Å². The fraction of sp³-hybridized carbons (Fsp3) is 0.412. The molecule has 1 atom stereocenters. The molecule has 2 amide bonds. The van der Waals surface area contributed by atoms with E-state index in [1.165, 1.54) is 0 Å². The maximum absolute atomic E-state index is 12.7. The number of methoxy groups -OCH3 is 1. The molecule has 2 aliphatic rings. The summed E-state index contributed by atoms with van der Waals surface area (Å²) in [5.41, 5.74) is 1.42. The van der Waals surface area contributed by atoms with E-state index in [1.807, 2.05) is 4.57 Å². The lowest BCUT2D eigenvalue weighted by molar-refractivity contribution is -0.126. The standard InChI is InChI=1S/C17H19N5O3/c1-25-10-4-5-13-11(7-10)12(8-16(23)19-13)17(24)18-9-15-21-20-14-3-2-6-22(14)15/h4-5,7,12H,2-3,6,8-9H2,1H3,(H,18,24)(H,19,23)/t12-/m1/s1. The predicted octanol–water partition coefficient (Wildman–Crippen LogP) is 0.975. The first-order valence-electron chi connectivity index (χ1n) is 8.32. The fourth-order valence-corrected chi connectivity index (χ4v) is 3.43. The van der Waals surface area contributed by atoms with Crippen LogP contribution in [0.5, 0.6) is 5.75 Å². The lowest BCUT2D eigenvalue weighted by Crippen LogP contribution is -2.35. The zero-order valence-corrected chi connectivity index (χ0v) is 13.9. The minimum Gasteiger partial charge on any atom is -0.497 e. The molecule has 3 heterocycles. The van der Waals surface area contributed by atoms with Crippen molar-refractivity contribution in [1.29, 1.82) is 0 Å². The molecule has 1 aromatic carbocycles. The van der Waals surface area contributed by atoms with Crippen LogP contribution in [0.2, 0.25) is 0 Å². The highest BCUT2D eigenvalue weighted by atomic mass is 16.5. The lowest BCUT2D eigenvalue weighted by Gasteiger charge is -2.25. The Labute approximate surface area is 144 Å². The number of hydrogen-bond acceptors (Lipinski definition) is 5. The van der Waals surface area contributed by atoms with E-state index in [2.05, 4.69) is 20.8 Å². The number of anilines is 1. The molecule has 8 nitrogen and oxygen atoms in total. The van der Waals surface area contributed by atoms with E-state index in [-0.39, 0.29) is 18.2 Å². The molecule has 0 aliphatic carbocycles. The van der Waals surface area contributed by atoms with Gasteiger partial charge in [0.05, 0.1) is 19.6 Å². The molecule has 4 rings (SSSR count). The molecule has 0 saturated heterocycles. The third-order valence-electron chi connectivity index (χ3n) is 4.72. The highest BCUT2D eigenvalue weighted by molar-refractivity contribution is 6.01. The van der Waals surface area contributed by atoms with Crippen molar-refractivity contribution in [3.8, 4) is 5.75 Å². The minimum atomic E-state index is -0.542. The molecular weight excluding hydrogens is 322 g/mol. The number of aryl methyl sites for hydroxylation is 1. The molecule has 0 bridgehead atoms. The van der Waals surface area contributed by atoms with Crippen molar-refractivity contribution in [3.63, 3.8) is 0 Å². The second-order valence-corrected chi connectivity index (χ2v) is 6.26. The Morgan fingerprint density at radius 3 is 3.16 bits per heavy atom. The van der Waals surface area contributed by atoms with E-state index < -0.39 is 5.92 Å². The van der Waals surface area contributed by atoms with Crippen LogP contribution in [0.1, 0.15) is 36.0 Å². The van der Waals surface area contributed by atoms with Crippen LogP contribution in [-0.2, 0) is 29.1 Å². The molecule has 0 saturated carbocycles. The van der Waals surface area contributed by atoms with Gasteiger partial charge in [-0.15, -0.1) is 10.2 Å². The first kappa shape index (κ1) is 15.6. The van der Waals surface area contributed by atoms with Crippen molar-refractivity contribution in [2.45, 2.75) is 38.3 Å². The molecule has 0 radical (unpaired) electrons. The number of ether oxygens (including phenoxy) is 1. The van der Waals surface area contributed by atoms with Gasteiger partial charge in [0.15, 0.2) is 5.82 Å². The number of rotatable bonds is 4. The second-order valence-electron chi connectivity index (χ2n) is 6.26. The van der Waals surface area contributed by atoms with E-state index in [9.17, 15) is 9.59 Å². The zero-order valence-electron chi connectivity index (χ0n) is 13.9. The Morgan fingerprint density at radius 1 is 1.44 bits per heavy atom. The molecule has 0 fully saturated rings. The van der Waals surface area contributed by atoms with Crippen molar-refractivity contribution in [2.24, 2.45) is 0 Å². The molecule has 1 aromatic heterocycles. The van der Waals surface area contributed by atoms with Crippen molar-refractivity contribution in [1.82, 2.24) is 20.1 Å². The van der Waals surface area contributed by atoms with Gasteiger partial charge in [-0.25, -0.2) is 0 Å². The molecule has 130 valence electrons. The first-order chi connectivity index (χ1) is 12.2. The van der Waals surface area contributed by atoms with Crippen LogP contribution in [0.15, 0.2) is 18.2 Å². The van der Waals surface area contributed by atoms with Gasteiger partial charge in [0.2, 0.25) is 11.8 Å². The summed E-state index contributed by atoms with van der Waals surface area (Å²) in [6, 6.07) is 5.32. The van der Waals surface area contributed by atoms with Crippen LogP contribution in [-0.4, -0.2) is 33.7 Å². The van der Waals surface area contributed by atoms with Crippen molar-refractivity contribution in [3.05, 3.63) is 35.4 Å². The molecule has 0 unspecified atom stereocenters. The number of nitrogens with one attached hydrogen (secondary N) is 2. The van der Waals surface area contributed by atoms with Crippen LogP contribution in [0.25, 0.3) is 0 Å². The fourth-order valence-electron chi connectivity index (χ4n) is 3.43. The topological polar surface area (TPSA) is 98.1 Å². The monoisotopic (exact) mass is 341 g/mol. The van der Waals surface area contributed by atoms with Crippen LogP contribution in [0.3, 0.4) is 0 Å². The van der Waals surface area contributed by atoms with Crippen LogP contribution in [0.4, 0.5) is 5.69 Å². The summed E-state index contributed by atoms with van der Waals surface area (Å²) in [6.45, 7) is 1.20. The van der Waals surface area contributed by atoms with Gasteiger partial charge in [0.1, 0.15) is 11.6 Å². The largest absolute Gasteiger partial charge is 0.497 e. The average Bonchev–Trinajstić information content (AvgIpc) is 3.22. The third-order valence-corrected chi connectivity index (χ3v) is 4.72. The minimum absolute atomic E-state index is 0.115. The Morgan fingerprint density at radius 2 is 2.32 bits per heavy atom. The summed E-state index contributed by atoms with van der Waals surface area (Å²) in [7, 11) is 1.57. The number of carbonyl (C=O) groups excluding carboxylic acids is 2. The summed E-state index contributed by atoms with van der Waals surface area (Å²) >= 11 is 0. The van der Waals surface area contributed by atoms with Gasteiger partial charge < -0.3 is 19.9 Å². The van der Waals surface area contributed by atoms with Gasteiger partial charge in [-0.05, 0) is 30.2 Å². The van der Waals surface area contributed by atoms with Gasteiger partial charge in [0.25, 0.3) is 0 Å². The number of fused-ring (bicyclic) bond motifs is 2. The lowest BCUT2D eigenvalue weighted by atomic mass is 9.89.